The molecule has 0 saturated carbocycles. The van der Waals surface area contributed by atoms with Crippen LogP contribution in [-0.2, 0) is 0 Å². The first-order chi connectivity index (χ1) is 34.4. The molecule has 0 aliphatic carbocycles. The Hall–Kier alpha value is -8.72. The van der Waals surface area contributed by atoms with Crippen LogP contribution < -0.4 is 9.80 Å². The molecule has 0 aliphatic rings. The topological polar surface area (TPSA) is 6.48 Å². The Labute approximate surface area is 411 Å². The smallest absolute Gasteiger partial charge is 0.0540 e. The minimum absolute atomic E-state index is 1.11. The zero-order valence-corrected chi connectivity index (χ0v) is 40.0. The maximum Gasteiger partial charge on any atom is 0.0540 e. The molecule has 0 aliphatic heterocycles. The highest BCUT2D eigenvalue weighted by molar-refractivity contribution is 6.28. The molecule has 2 nitrogen and oxygen atoms in total. The molecule has 0 bridgehead atoms. The van der Waals surface area contributed by atoms with Crippen LogP contribution in [0.4, 0.5) is 34.1 Å². The number of benzene rings is 12. The van der Waals surface area contributed by atoms with Crippen LogP contribution in [0.5, 0.6) is 0 Å². The van der Waals surface area contributed by atoms with Gasteiger partial charge < -0.3 is 9.80 Å². The van der Waals surface area contributed by atoms with Crippen LogP contribution >= 0.6 is 0 Å². The van der Waals surface area contributed by atoms with Crippen molar-refractivity contribution in [3.05, 3.63) is 265 Å². The second-order valence-corrected chi connectivity index (χ2v) is 18.7. The fourth-order valence-electron chi connectivity index (χ4n) is 10.7. The predicted octanol–water partition coefficient (Wildman–Crippen LogP) is 19.4. The van der Waals surface area contributed by atoms with Crippen molar-refractivity contribution in [3.8, 4) is 44.5 Å². The van der Waals surface area contributed by atoms with Crippen LogP contribution in [0.25, 0.3) is 76.8 Å². The van der Waals surface area contributed by atoms with E-state index in [2.05, 4.69) is 280 Å². The lowest BCUT2D eigenvalue weighted by Gasteiger charge is -2.31. The van der Waals surface area contributed by atoms with Crippen molar-refractivity contribution in [3.63, 3.8) is 0 Å². The standard InChI is InChI=1S/C68H52N2/c1-45-17-11-13-27-59(45)55-31-29-47(3)65(43-55)69(57-25-15-23-53(41-57)49-19-7-5-8-20-49)63-39-35-51-34-38-62-64(40-36-52-33-37-61(63)67(51)68(52)62)70(58-26-16-24-54(42-58)50-21-9-6-10-22-50)66-44-56(32-30-48(66)4)60-28-14-12-18-46(60)2/h5-44H,1-4H3. The third-order valence-corrected chi connectivity index (χ3v) is 14.3. The molecule has 12 rings (SSSR count). The average molecular weight is 897 g/mol. The molecule has 12 aromatic carbocycles. The molecular weight excluding hydrogens is 845 g/mol. The van der Waals surface area contributed by atoms with E-state index in [1.54, 1.807) is 0 Å². The summed E-state index contributed by atoms with van der Waals surface area (Å²) < 4.78 is 0. The Morgan fingerprint density at radius 3 is 1.06 bits per heavy atom. The van der Waals surface area contributed by atoms with E-state index in [4.69, 9.17) is 0 Å². The van der Waals surface area contributed by atoms with E-state index in [1.165, 1.54) is 99.1 Å². The van der Waals surface area contributed by atoms with Gasteiger partial charge in [0.2, 0.25) is 0 Å². The van der Waals surface area contributed by atoms with E-state index in [0.717, 1.165) is 34.1 Å². The number of rotatable bonds is 10. The fourth-order valence-corrected chi connectivity index (χ4v) is 10.7. The summed E-state index contributed by atoms with van der Waals surface area (Å²) >= 11 is 0. The third kappa shape index (κ3) is 7.55. The minimum atomic E-state index is 1.11. The maximum atomic E-state index is 2.50. The van der Waals surface area contributed by atoms with Crippen molar-refractivity contribution >= 4 is 66.4 Å². The van der Waals surface area contributed by atoms with E-state index in [0.29, 0.717) is 0 Å². The van der Waals surface area contributed by atoms with Gasteiger partial charge in [0.05, 0.1) is 11.4 Å². The van der Waals surface area contributed by atoms with Crippen LogP contribution in [0.1, 0.15) is 22.3 Å². The van der Waals surface area contributed by atoms with Gasteiger partial charge in [-0.15, -0.1) is 0 Å². The second kappa shape index (κ2) is 17.7. The molecule has 0 atom stereocenters. The zero-order valence-electron chi connectivity index (χ0n) is 40.0. The fraction of sp³-hybridized carbons (Fsp3) is 0.0588. The molecule has 0 heterocycles. The first-order valence-corrected chi connectivity index (χ1v) is 24.3. The highest BCUT2D eigenvalue weighted by Crippen LogP contribution is 2.50. The second-order valence-electron chi connectivity index (χ2n) is 18.7. The van der Waals surface area contributed by atoms with E-state index in [9.17, 15) is 0 Å². The van der Waals surface area contributed by atoms with Crippen LogP contribution in [0, 0.1) is 27.7 Å². The van der Waals surface area contributed by atoms with E-state index >= 15 is 0 Å². The number of hydrogen-bond donors (Lipinski definition) is 0. The van der Waals surface area contributed by atoms with Gasteiger partial charge in [0.25, 0.3) is 0 Å². The van der Waals surface area contributed by atoms with Crippen molar-refractivity contribution in [1.82, 2.24) is 0 Å². The Kier molecular flexibility index (Phi) is 10.8. The van der Waals surface area contributed by atoms with Gasteiger partial charge in [-0.3, -0.25) is 0 Å². The molecular formula is C68H52N2. The lowest BCUT2D eigenvalue weighted by atomic mass is 9.91. The molecule has 0 saturated heterocycles. The Balaban J connectivity index is 1.11. The Bertz CT molecular complexity index is 3630. The normalized spacial score (nSPS) is 11.4. The average Bonchev–Trinajstić information content (AvgIpc) is 3.41. The summed E-state index contributed by atoms with van der Waals surface area (Å²) in [6.07, 6.45) is 0. The van der Waals surface area contributed by atoms with Crippen LogP contribution in [0.3, 0.4) is 0 Å². The summed E-state index contributed by atoms with van der Waals surface area (Å²) in [5, 5.41) is 7.35. The van der Waals surface area contributed by atoms with Crippen LogP contribution in [0.2, 0.25) is 0 Å². The van der Waals surface area contributed by atoms with Crippen molar-refractivity contribution in [2.45, 2.75) is 27.7 Å². The lowest BCUT2D eigenvalue weighted by molar-refractivity contribution is 1.26. The van der Waals surface area contributed by atoms with Gasteiger partial charge in [0.15, 0.2) is 0 Å². The largest absolute Gasteiger partial charge is 0.310 e. The summed E-state index contributed by atoms with van der Waals surface area (Å²) in [7, 11) is 0. The number of aryl methyl sites for hydroxylation is 4. The Morgan fingerprint density at radius 2 is 0.629 bits per heavy atom. The van der Waals surface area contributed by atoms with Crippen LogP contribution in [0.15, 0.2) is 243 Å². The minimum Gasteiger partial charge on any atom is -0.310 e. The summed E-state index contributed by atoms with van der Waals surface area (Å²) in [6, 6.07) is 89.5. The number of nitrogens with zero attached hydrogens (tertiary/aromatic N) is 2. The molecule has 0 spiro atoms. The summed E-state index contributed by atoms with van der Waals surface area (Å²) in [5.41, 5.74) is 21.3. The zero-order chi connectivity index (χ0) is 47.3. The van der Waals surface area contributed by atoms with Gasteiger partial charge in [-0.1, -0.05) is 194 Å². The van der Waals surface area contributed by atoms with E-state index < -0.39 is 0 Å². The molecule has 0 aromatic heterocycles. The third-order valence-electron chi connectivity index (χ3n) is 14.3. The van der Waals surface area contributed by atoms with Gasteiger partial charge in [-0.05, 0) is 165 Å². The molecule has 0 radical (unpaired) electrons. The van der Waals surface area contributed by atoms with Gasteiger partial charge in [-0.2, -0.15) is 0 Å². The molecule has 2 heteroatoms. The SMILES string of the molecule is Cc1ccccc1-c1ccc(C)c(N(c2cccc(-c3ccccc3)c2)c2ccc3ccc4c(N(c5cccc(-c6ccccc6)c5)c5cc(-c6ccccc6C)ccc5C)ccc5ccc2c3c54)c1. The summed E-state index contributed by atoms with van der Waals surface area (Å²) in [4.78, 5) is 5.00. The first kappa shape index (κ1) is 42.6. The van der Waals surface area contributed by atoms with Crippen molar-refractivity contribution in [2.75, 3.05) is 9.80 Å². The molecule has 70 heavy (non-hydrogen) atoms. The predicted molar refractivity (Wildman–Crippen MR) is 300 cm³/mol. The highest BCUT2D eigenvalue weighted by atomic mass is 15.2. The van der Waals surface area contributed by atoms with Gasteiger partial charge in [0.1, 0.15) is 0 Å². The first-order valence-electron chi connectivity index (χ1n) is 24.3. The van der Waals surface area contributed by atoms with Crippen LogP contribution in [-0.4, -0.2) is 0 Å². The highest BCUT2D eigenvalue weighted by Gasteiger charge is 2.24. The molecule has 0 fully saturated rings. The monoisotopic (exact) mass is 896 g/mol. The van der Waals surface area contributed by atoms with Gasteiger partial charge in [0, 0.05) is 33.5 Å². The van der Waals surface area contributed by atoms with E-state index in [1.807, 2.05) is 0 Å². The van der Waals surface area contributed by atoms with Crippen molar-refractivity contribution < 1.29 is 0 Å². The summed E-state index contributed by atoms with van der Waals surface area (Å²) in [5.74, 6) is 0. The quantitative estimate of drug-likeness (QED) is 0.126. The van der Waals surface area contributed by atoms with Gasteiger partial charge in [-0.25, -0.2) is 0 Å². The number of hydrogen-bond acceptors (Lipinski definition) is 2. The molecule has 334 valence electrons. The molecule has 0 amide bonds. The maximum absolute atomic E-state index is 2.50. The van der Waals surface area contributed by atoms with Crippen molar-refractivity contribution in [2.24, 2.45) is 0 Å². The lowest BCUT2D eigenvalue weighted by Crippen LogP contribution is -2.13. The summed E-state index contributed by atoms with van der Waals surface area (Å²) in [6.45, 7) is 8.89. The van der Waals surface area contributed by atoms with Gasteiger partial charge >= 0.3 is 0 Å². The number of anilines is 6. The molecule has 0 N–H and O–H groups in total. The molecule has 0 unspecified atom stereocenters. The molecule has 12 aromatic rings. The van der Waals surface area contributed by atoms with Crippen molar-refractivity contribution in [1.29, 1.82) is 0 Å². The van der Waals surface area contributed by atoms with E-state index in [-0.39, 0.29) is 0 Å². The Morgan fingerprint density at radius 1 is 0.243 bits per heavy atom.